The van der Waals surface area contributed by atoms with E-state index in [1.54, 1.807) is 48.5 Å². The van der Waals surface area contributed by atoms with Crippen LogP contribution in [0.2, 0.25) is 0 Å². The van der Waals surface area contributed by atoms with Crippen LogP contribution >= 0.6 is 0 Å². The summed E-state index contributed by atoms with van der Waals surface area (Å²) in [5.74, 6) is -0.768. The van der Waals surface area contributed by atoms with Crippen LogP contribution in [0, 0.1) is 52.9 Å². The number of halogens is 5. The molecule has 2 heterocycles. The van der Waals surface area contributed by atoms with Gasteiger partial charge < -0.3 is 22.3 Å². The summed E-state index contributed by atoms with van der Waals surface area (Å²) in [5.41, 5.74) is 10.4. The van der Waals surface area contributed by atoms with Crippen molar-refractivity contribution in [1.82, 2.24) is 19.6 Å². The van der Waals surface area contributed by atoms with Gasteiger partial charge in [0, 0.05) is 19.7 Å². The molecule has 4 aromatic carbocycles. The Bertz CT molecular complexity index is 2580. The van der Waals surface area contributed by atoms with Gasteiger partial charge in [0.15, 0.2) is 0 Å². The van der Waals surface area contributed by atoms with Gasteiger partial charge in [-0.2, -0.15) is 34.8 Å². The Kier molecular flexibility index (Phi) is 18.5. The topological polar surface area (TPSA) is 72.9 Å². The van der Waals surface area contributed by atoms with E-state index >= 15 is 0 Å². The summed E-state index contributed by atoms with van der Waals surface area (Å²) >= 11 is 0. The van der Waals surface area contributed by atoms with Gasteiger partial charge in [0.25, 0.3) is 0 Å². The van der Waals surface area contributed by atoms with Crippen LogP contribution < -0.4 is 12.4 Å². The molecule has 0 spiro atoms. The van der Waals surface area contributed by atoms with E-state index in [0.717, 1.165) is 103 Å². The summed E-state index contributed by atoms with van der Waals surface area (Å²) in [5, 5.41) is 20.3. The molecule has 4 aliphatic carbocycles. The van der Waals surface area contributed by atoms with Crippen molar-refractivity contribution in [3.63, 3.8) is 0 Å². The molecule has 2 fully saturated rings. The Hall–Kier alpha value is -4.88. The van der Waals surface area contributed by atoms with E-state index in [9.17, 15) is 27.5 Å². The molecule has 2 saturated carbocycles. The minimum atomic E-state index is -0.493. The number of fused-ring (bicyclic) bond motifs is 4. The quantitative estimate of drug-likeness (QED) is 0.0790. The molecule has 13 heteroatoms. The van der Waals surface area contributed by atoms with Crippen LogP contribution in [0.15, 0.2) is 121 Å². The molecule has 0 amide bonds. The number of aromatic nitrogens is 4. The molecule has 0 aliphatic heterocycles. The van der Waals surface area contributed by atoms with Crippen molar-refractivity contribution in [3.8, 4) is 11.4 Å². The molecule has 0 unspecified atom stereocenters. The molecule has 10 rings (SSSR count). The Morgan fingerprint density at radius 1 is 0.697 bits per heavy atom. The Morgan fingerprint density at radius 2 is 1.11 bits per heavy atom. The van der Waals surface area contributed by atoms with Crippen LogP contribution in [0.4, 0.5) is 17.6 Å². The summed E-state index contributed by atoms with van der Waals surface area (Å²) in [6.45, 7) is 8.06. The van der Waals surface area contributed by atoms with Gasteiger partial charge in [-0.3, -0.25) is 0 Å². The van der Waals surface area contributed by atoms with E-state index in [2.05, 4.69) is 43.1 Å². The molecule has 339 valence electrons. The molecule has 6 aromatic rings. The van der Waals surface area contributed by atoms with Crippen molar-refractivity contribution >= 4 is 49.9 Å². The molecule has 0 saturated heterocycles. The van der Waals surface area contributed by atoms with Gasteiger partial charge in [0.1, 0.15) is 23.7 Å². The van der Waals surface area contributed by atoms with Crippen molar-refractivity contribution in [2.24, 2.45) is 22.7 Å². The van der Waals surface area contributed by atoms with Crippen LogP contribution in [-0.2, 0) is 24.1 Å². The van der Waals surface area contributed by atoms with E-state index in [1.165, 1.54) is 59.7 Å². The second kappa shape index (κ2) is 22.7. The van der Waals surface area contributed by atoms with Crippen molar-refractivity contribution < 1.29 is 39.9 Å². The van der Waals surface area contributed by atoms with Gasteiger partial charge >= 0.3 is 23.1 Å². The van der Waals surface area contributed by atoms with Crippen molar-refractivity contribution in [2.75, 3.05) is 0 Å². The Labute approximate surface area is 410 Å². The van der Waals surface area contributed by atoms with Crippen molar-refractivity contribution in [3.05, 3.63) is 184 Å². The molecule has 6 nitrogen and oxygen atoms in total. The average molecular weight is 927 g/mol. The third-order valence-corrected chi connectivity index (χ3v) is 13.6. The molecular weight excluding hydrogens is 871 g/mol. The number of aldehydes is 1. The maximum Gasteiger partial charge on any atom is 2.00 e. The van der Waals surface area contributed by atoms with Gasteiger partial charge in [-0.25, -0.2) is 26.9 Å². The van der Waals surface area contributed by atoms with Crippen LogP contribution in [0.3, 0.4) is 0 Å². The normalized spacial score (nSPS) is 21.3. The fraction of sp³-hybridized carbons (Fsp3) is 0.321. The maximum atomic E-state index is 13.3. The first-order chi connectivity index (χ1) is 29.8. The van der Waals surface area contributed by atoms with E-state index in [-0.39, 0.29) is 97.2 Å². The van der Waals surface area contributed by atoms with Gasteiger partial charge in [-0.05, 0) is 159 Å². The third-order valence-electron chi connectivity index (χ3n) is 13.6. The zero-order valence-electron chi connectivity index (χ0n) is 36.7. The average Bonchev–Trinajstić information content (AvgIpc) is 3.86. The first-order valence-electron chi connectivity index (χ1n) is 21.4. The number of benzene rings is 4. The number of hydrogen-bond donors (Lipinski definition) is 1. The van der Waals surface area contributed by atoms with Gasteiger partial charge in [0.05, 0.1) is 47.1 Å². The minimum Gasteiger partial charge on any atom is -1.00 e. The summed E-state index contributed by atoms with van der Waals surface area (Å²) in [6.07, 6.45) is 17.1. The van der Waals surface area contributed by atoms with Crippen LogP contribution in [0.5, 0.6) is 0 Å². The summed E-state index contributed by atoms with van der Waals surface area (Å²) in [6, 6.07) is 25.2. The molecule has 0 bridgehead atoms. The molecule has 66 heavy (non-hydrogen) atoms. The van der Waals surface area contributed by atoms with E-state index < -0.39 is 6.10 Å². The fourth-order valence-corrected chi connectivity index (χ4v) is 10.1. The monoisotopic (exact) mass is 925 g/mol. The van der Waals surface area contributed by atoms with Crippen LogP contribution in [-0.4, -0.2) is 68.5 Å². The van der Waals surface area contributed by atoms with Gasteiger partial charge in [0.2, 0.25) is 0 Å². The van der Waals surface area contributed by atoms with E-state index in [4.69, 9.17) is 0 Å². The summed E-state index contributed by atoms with van der Waals surface area (Å²) < 4.78 is 55.5. The SMILES string of the molecule is C.C[C@]12Cc3cnn(-c4ccc(F)cc4)c3C=C1CCC[C@@H]2C=O.C[C@]12Cc3cnn(-c4ccc(F)cc4)c3C=C1CCC[C@@H]2[C@@H](O)Cc1ccc(F)cc1.[B].[CH2-]c1ccc(F)cc1.[Cl-].[Mg+2]. The number of allylic oxidation sites excluding steroid dienone is 2. The van der Waals surface area contributed by atoms with Crippen LogP contribution in [0.25, 0.3) is 23.5 Å². The Balaban J connectivity index is 0.000000240. The number of aliphatic hydroxyl groups is 1. The number of aliphatic hydroxyl groups excluding tert-OH is 1. The predicted octanol–water partition coefficient (Wildman–Crippen LogP) is 8.34. The fourth-order valence-electron chi connectivity index (χ4n) is 10.1. The van der Waals surface area contributed by atoms with Crippen LogP contribution in [0.1, 0.15) is 93.4 Å². The Morgan fingerprint density at radius 3 is 1.56 bits per heavy atom. The van der Waals surface area contributed by atoms with Crippen molar-refractivity contribution in [1.29, 1.82) is 0 Å². The first-order valence-corrected chi connectivity index (χ1v) is 21.4. The molecular formula is C53H55BClF4MgN4O2. The number of rotatable bonds is 6. The molecule has 4 aliphatic rings. The second-order valence-electron chi connectivity index (χ2n) is 17.6. The van der Waals surface area contributed by atoms with Crippen molar-refractivity contribution in [2.45, 2.75) is 85.2 Å². The number of carbonyl (C=O) groups is 1. The van der Waals surface area contributed by atoms with E-state index in [0.29, 0.717) is 6.42 Å². The smallest absolute Gasteiger partial charge is 1.00 e. The van der Waals surface area contributed by atoms with E-state index in [1.807, 2.05) is 21.8 Å². The first kappa shape index (κ1) is 53.7. The number of carbonyl (C=O) groups excluding carboxylic acids is 1. The molecule has 1 N–H and O–H groups in total. The molecule has 2 aromatic heterocycles. The molecule has 3 radical (unpaired) electrons. The zero-order valence-corrected chi connectivity index (χ0v) is 38.9. The molecule has 5 atom stereocenters. The standard InChI is InChI=1S/C26H26F2N2O.C19H19FN2O.C7H6F.CH4.B.ClH.Mg/c1-26-15-18-16-29-30(22-11-9-21(28)10-12-22)24(18)14-19(26)3-2-4-23(26)25(31)13-17-5-7-20(27)8-6-17;1-19-10-13-11-21-22(17-7-5-16(20)6-8-17)18(13)9-14(19)3-2-4-15(19)12-23;1-6-2-4-7(8)5-3-6;;;;/h5-12,14,16,23,25,31H,2-4,13,15H2,1H3;5-9,11-12,15H,2-4,10H2,1H3;2-5H,1H2;1H4;;1H;/q;;-1;;;;+2/p-1/t23-,25+,26+;15-,19+;;;;;/m11...../s1. The minimum absolute atomic E-state index is 0. The zero-order chi connectivity index (χ0) is 43.6. The van der Waals surface area contributed by atoms with Gasteiger partial charge in [-0.1, -0.05) is 56.7 Å². The number of nitrogens with zero attached hydrogens (tertiary/aromatic N) is 4. The predicted molar refractivity (Wildman–Crippen MR) is 253 cm³/mol. The summed E-state index contributed by atoms with van der Waals surface area (Å²) in [4.78, 5) is 11.5. The summed E-state index contributed by atoms with van der Waals surface area (Å²) in [7, 11) is 0. The second-order valence-corrected chi connectivity index (χ2v) is 17.6. The maximum absolute atomic E-state index is 13.3. The number of hydrogen-bond acceptors (Lipinski definition) is 4. The largest absolute Gasteiger partial charge is 2.00 e. The third kappa shape index (κ3) is 11.3. The van der Waals surface area contributed by atoms with Gasteiger partial charge in [-0.15, -0.1) is 0 Å².